The number of hydrogen-bond donors (Lipinski definition) is 0. The highest BCUT2D eigenvalue weighted by atomic mass is 14.5. The zero-order valence-electron chi connectivity index (χ0n) is 15.3. The van der Waals surface area contributed by atoms with Gasteiger partial charge in [-0.2, -0.15) is 0 Å². The van der Waals surface area contributed by atoms with Gasteiger partial charge in [-0.05, 0) is 60.4 Å². The van der Waals surface area contributed by atoms with E-state index in [1.54, 1.807) is 11.1 Å². The summed E-state index contributed by atoms with van der Waals surface area (Å²) < 4.78 is 0. The molecular formula is C26H24. The second-order valence-electron chi connectivity index (χ2n) is 7.66. The van der Waals surface area contributed by atoms with Crippen molar-refractivity contribution in [3.63, 3.8) is 0 Å². The van der Waals surface area contributed by atoms with Crippen LogP contribution in [0.1, 0.15) is 47.9 Å². The Bertz CT molecular complexity index is 982. The van der Waals surface area contributed by atoms with Crippen LogP contribution in [0.25, 0.3) is 5.57 Å². The Morgan fingerprint density at radius 1 is 0.885 bits per heavy atom. The van der Waals surface area contributed by atoms with Gasteiger partial charge in [0, 0.05) is 0 Å². The van der Waals surface area contributed by atoms with E-state index in [9.17, 15) is 0 Å². The molecule has 0 amide bonds. The maximum Gasteiger partial charge on any atom is 0.0639 e. The minimum absolute atomic E-state index is 0.0898. The highest BCUT2D eigenvalue weighted by Crippen LogP contribution is 2.58. The van der Waals surface area contributed by atoms with Crippen molar-refractivity contribution < 1.29 is 0 Å². The fourth-order valence-electron chi connectivity index (χ4n) is 5.16. The van der Waals surface area contributed by atoms with E-state index < -0.39 is 0 Å². The summed E-state index contributed by atoms with van der Waals surface area (Å²) in [5.41, 5.74) is 10.2. The number of hydrogen-bond acceptors (Lipinski definition) is 0. The lowest BCUT2D eigenvalue weighted by atomic mass is 9.63. The molecule has 0 radical (unpaired) electrons. The molecule has 1 unspecified atom stereocenters. The quantitative estimate of drug-likeness (QED) is 0.574. The zero-order chi connectivity index (χ0) is 17.6. The van der Waals surface area contributed by atoms with Gasteiger partial charge in [-0.1, -0.05) is 90.0 Å². The fraction of sp³-hybridized carbons (Fsp3) is 0.231. The van der Waals surface area contributed by atoms with Gasteiger partial charge in [0.15, 0.2) is 0 Å². The van der Waals surface area contributed by atoms with Gasteiger partial charge in [0.2, 0.25) is 0 Å². The van der Waals surface area contributed by atoms with Crippen molar-refractivity contribution in [2.24, 2.45) is 0 Å². The van der Waals surface area contributed by atoms with E-state index in [0.717, 1.165) is 25.7 Å². The third-order valence-electron chi connectivity index (χ3n) is 6.19. The summed E-state index contributed by atoms with van der Waals surface area (Å²) in [6.45, 7) is 2.22. The van der Waals surface area contributed by atoms with Crippen LogP contribution in [-0.2, 0) is 5.41 Å². The third kappa shape index (κ3) is 2.08. The van der Waals surface area contributed by atoms with Crippen LogP contribution in [0.15, 0.2) is 90.1 Å². The predicted octanol–water partition coefficient (Wildman–Crippen LogP) is 6.67. The Balaban J connectivity index is 1.91. The highest BCUT2D eigenvalue weighted by molar-refractivity contribution is 5.90. The molecule has 1 atom stereocenters. The summed E-state index contributed by atoms with van der Waals surface area (Å²) in [5.74, 6) is 0. The molecule has 0 heterocycles. The second kappa shape index (κ2) is 5.99. The van der Waals surface area contributed by atoms with Crippen LogP contribution in [0.3, 0.4) is 0 Å². The van der Waals surface area contributed by atoms with Crippen molar-refractivity contribution in [1.29, 1.82) is 0 Å². The average Bonchev–Trinajstić information content (AvgIpc) is 3.00. The Kier molecular flexibility index (Phi) is 3.60. The minimum atomic E-state index is -0.0898. The topological polar surface area (TPSA) is 0 Å². The van der Waals surface area contributed by atoms with Crippen molar-refractivity contribution in [3.05, 3.63) is 112 Å². The van der Waals surface area contributed by atoms with Gasteiger partial charge in [0.05, 0.1) is 5.41 Å². The van der Waals surface area contributed by atoms with Crippen LogP contribution in [0.5, 0.6) is 0 Å². The summed E-state index contributed by atoms with van der Waals surface area (Å²) in [6.07, 6.45) is 16.2. The van der Waals surface area contributed by atoms with E-state index >= 15 is 0 Å². The van der Waals surface area contributed by atoms with Crippen LogP contribution in [0.2, 0.25) is 0 Å². The van der Waals surface area contributed by atoms with Gasteiger partial charge in [0.25, 0.3) is 0 Å². The lowest BCUT2D eigenvalue weighted by molar-refractivity contribution is 0.644. The first-order chi connectivity index (χ1) is 12.8. The number of rotatable bonds is 2. The van der Waals surface area contributed by atoms with E-state index in [1.165, 1.54) is 27.8 Å². The van der Waals surface area contributed by atoms with E-state index in [-0.39, 0.29) is 5.41 Å². The van der Waals surface area contributed by atoms with Crippen molar-refractivity contribution in [3.8, 4) is 0 Å². The molecule has 0 nitrogen and oxygen atoms in total. The summed E-state index contributed by atoms with van der Waals surface area (Å²) >= 11 is 0. The Hall–Kier alpha value is -2.60. The lowest BCUT2D eigenvalue weighted by Gasteiger charge is -2.39. The van der Waals surface area contributed by atoms with E-state index in [4.69, 9.17) is 0 Å². The highest BCUT2D eigenvalue weighted by Gasteiger charge is 2.48. The summed E-state index contributed by atoms with van der Waals surface area (Å²) in [5, 5.41) is 0. The monoisotopic (exact) mass is 336 g/mol. The maximum absolute atomic E-state index is 2.44. The van der Waals surface area contributed by atoms with Crippen LogP contribution in [-0.4, -0.2) is 0 Å². The maximum atomic E-state index is 2.44. The number of benzene rings is 2. The molecule has 128 valence electrons. The van der Waals surface area contributed by atoms with Crippen molar-refractivity contribution in [2.45, 2.75) is 38.0 Å². The second-order valence-corrected chi connectivity index (χ2v) is 7.66. The zero-order valence-corrected chi connectivity index (χ0v) is 15.3. The first-order valence-electron chi connectivity index (χ1n) is 9.75. The third-order valence-corrected chi connectivity index (χ3v) is 6.19. The van der Waals surface area contributed by atoms with E-state index in [2.05, 4.69) is 85.8 Å². The molecule has 0 fully saturated rings. The van der Waals surface area contributed by atoms with Crippen molar-refractivity contribution in [2.75, 3.05) is 0 Å². The minimum Gasteiger partial charge on any atom is -0.0842 e. The SMILES string of the molecule is Cc1ccc2c(c1)C(C1=CC=CCC1)(c1ccccc1)C1=C2C=CCC1. The smallest absolute Gasteiger partial charge is 0.0639 e. The molecule has 0 aliphatic heterocycles. The van der Waals surface area contributed by atoms with Gasteiger partial charge in [-0.3, -0.25) is 0 Å². The van der Waals surface area contributed by atoms with E-state index in [1.807, 2.05) is 0 Å². The number of allylic oxidation sites excluding steroid dienone is 8. The van der Waals surface area contributed by atoms with Crippen LogP contribution in [0.4, 0.5) is 0 Å². The molecule has 3 aliphatic carbocycles. The molecule has 0 aromatic heterocycles. The molecular weight excluding hydrogens is 312 g/mol. The Morgan fingerprint density at radius 3 is 2.54 bits per heavy atom. The summed E-state index contributed by atoms with van der Waals surface area (Å²) in [6, 6.07) is 18.2. The molecule has 2 aromatic carbocycles. The molecule has 2 aromatic rings. The summed E-state index contributed by atoms with van der Waals surface area (Å²) in [4.78, 5) is 0. The molecule has 3 aliphatic rings. The molecule has 0 saturated heterocycles. The van der Waals surface area contributed by atoms with Gasteiger partial charge in [-0.25, -0.2) is 0 Å². The number of fused-ring (bicyclic) bond motifs is 2. The van der Waals surface area contributed by atoms with E-state index in [0.29, 0.717) is 0 Å². The van der Waals surface area contributed by atoms with Gasteiger partial charge >= 0.3 is 0 Å². The van der Waals surface area contributed by atoms with Crippen molar-refractivity contribution in [1.82, 2.24) is 0 Å². The standard InChI is InChI=1S/C26H24/c1-19-16-17-23-22-14-8-9-15-24(22)26(25(23)18-19,20-10-4-2-5-11-20)21-12-6-3-7-13-21/h2-6,8,10-12,14,16-18H,7,9,13,15H2,1H3. The Labute approximate surface area is 156 Å². The lowest BCUT2D eigenvalue weighted by Crippen LogP contribution is -2.32. The predicted molar refractivity (Wildman–Crippen MR) is 110 cm³/mol. The number of aryl methyl sites for hydroxylation is 1. The normalized spacial score (nSPS) is 23.7. The first-order valence-corrected chi connectivity index (χ1v) is 9.75. The van der Waals surface area contributed by atoms with Gasteiger partial charge in [-0.15, -0.1) is 0 Å². The molecule has 0 saturated carbocycles. The van der Waals surface area contributed by atoms with Gasteiger partial charge < -0.3 is 0 Å². The van der Waals surface area contributed by atoms with Crippen molar-refractivity contribution >= 4 is 5.57 Å². The van der Waals surface area contributed by atoms with Crippen LogP contribution in [0, 0.1) is 6.92 Å². The molecule has 0 bridgehead atoms. The first kappa shape index (κ1) is 15.6. The van der Waals surface area contributed by atoms with Crippen LogP contribution >= 0.6 is 0 Å². The molecule has 0 heteroatoms. The molecule has 0 spiro atoms. The largest absolute Gasteiger partial charge is 0.0842 e. The molecule has 5 rings (SSSR count). The Morgan fingerprint density at radius 2 is 1.73 bits per heavy atom. The fourth-order valence-corrected chi connectivity index (χ4v) is 5.16. The average molecular weight is 336 g/mol. The molecule has 26 heavy (non-hydrogen) atoms. The van der Waals surface area contributed by atoms with Crippen LogP contribution < -0.4 is 0 Å². The van der Waals surface area contributed by atoms with Gasteiger partial charge in [0.1, 0.15) is 0 Å². The summed E-state index contributed by atoms with van der Waals surface area (Å²) in [7, 11) is 0. The molecule has 0 N–H and O–H groups in total.